The summed E-state index contributed by atoms with van der Waals surface area (Å²) in [5.74, 6) is 0.552. The second kappa shape index (κ2) is 7.36. The van der Waals surface area contributed by atoms with E-state index in [-0.39, 0.29) is 12.5 Å². The number of hydrogen-bond donors (Lipinski definition) is 1. The number of anilines is 1. The SMILES string of the molecule is CC(C)c1cc(N2CCC(OCCC(=O)O)CC2)ncn1. The molecule has 0 bridgehead atoms. The van der Waals surface area contributed by atoms with E-state index in [1.165, 1.54) is 0 Å². The molecule has 0 atom stereocenters. The first-order valence-electron chi connectivity index (χ1n) is 7.46. The number of aromatic nitrogens is 2. The molecule has 116 valence electrons. The van der Waals surface area contributed by atoms with Gasteiger partial charge in [0.05, 0.1) is 19.1 Å². The first-order chi connectivity index (χ1) is 10.1. The lowest BCUT2D eigenvalue weighted by atomic mass is 10.1. The van der Waals surface area contributed by atoms with Gasteiger partial charge < -0.3 is 14.7 Å². The van der Waals surface area contributed by atoms with Crippen LogP contribution in [0.1, 0.15) is 44.7 Å². The highest BCUT2D eigenvalue weighted by molar-refractivity contribution is 5.66. The Bertz CT molecular complexity index is 471. The Balaban J connectivity index is 1.83. The Labute approximate surface area is 125 Å². The van der Waals surface area contributed by atoms with Gasteiger partial charge in [-0.25, -0.2) is 9.97 Å². The normalized spacial score (nSPS) is 16.4. The van der Waals surface area contributed by atoms with Crippen LogP contribution in [-0.2, 0) is 9.53 Å². The van der Waals surface area contributed by atoms with Crippen molar-refractivity contribution >= 4 is 11.8 Å². The number of rotatable bonds is 6. The lowest BCUT2D eigenvalue weighted by Crippen LogP contribution is -2.37. The minimum absolute atomic E-state index is 0.0733. The first-order valence-corrected chi connectivity index (χ1v) is 7.46. The van der Waals surface area contributed by atoms with E-state index in [2.05, 4.69) is 34.8 Å². The number of ether oxygens (including phenoxy) is 1. The molecule has 1 aromatic rings. The highest BCUT2D eigenvalue weighted by Gasteiger charge is 2.21. The third kappa shape index (κ3) is 4.67. The molecular weight excluding hydrogens is 270 g/mol. The van der Waals surface area contributed by atoms with Crippen LogP contribution in [0.5, 0.6) is 0 Å². The van der Waals surface area contributed by atoms with E-state index in [4.69, 9.17) is 9.84 Å². The molecule has 21 heavy (non-hydrogen) atoms. The van der Waals surface area contributed by atoms with E-state index in [1.807, 2.05) is 0 Å². The van der Waals surface area contributed by atoms with Gasteiger partial charge >= 0.3 is 5.97 Å². The number of carboxylic acids is 1. The Hall–Kier alpha value is -1.69. The molecule has 0 unspecified atom stereocenters. The van der Waals surface area contributed by atoms with Crippen molar-refractivity contribution in [3.05, 3.63) is 18.1 Å². The van der Waals surface area contributed by atoms with E-state index in [0.717, 1.165) is 37.4 Å². The Kier molecular flexibility index (Phi) is 5.50. The Morgan fingerprint density at radius 3 is 2.76 bits per heavy atom. The van der Waals surface area contributed by atoms with Crippen molar-refractivity contribution in [3.63, 3.8) is 0 Å². The molecule has 1 aromatic heterocycles. The lowest BCUT2D eigenvalue weighted by molar-refractivity contribution is -0.138. The minimum atomic E-state index is -0.811. The van der Waals surface area contributed by atoms with Gasteiger partial charge in [0.1, 0.15) is 12.1 Å². The molecule has 2 heterocycles. The predicted octanol–water partition coefficient (Wildman–Crippen LogP) is 2.06. The van der Waals surface area contributed by atoms with Crippen molar-refractivity contribution in [1.29, 1.82) is 0 Å². The second-order valence-electron chi connectivity index (χ2n) is 5.66. The molecule has 0 saturated carbocycles. The standard InChI is InChI=1S/C15H23N3O3/c1-11(2)13-9-14(17-10-16-13)18-6-3-12(4-7-18)21-8-5-15(19)20/h9-12H,3-8H2,1-2H3,(H,19,20). The largest absolute Gasteiger partial charge is 0.481 e. The van der Waals surface area contributed by atoms with Crippen LogP contribution in [-0.4, -0.2) is 46.8 Å². The van der Waals surface area contributed by atoms with Gasteiger partial charge in [-0.2, -0.15) is 0 Å². The van der Waals surface area contributed by atoms with Gasteiger partial charge in [0.15, 0.2) is 0 Å². The second-order valence-corrected chi connectivity index (χ2v) is 5.66. The fourth-order valence-corrected chi connectivity index (χ4v) is 2.41. The lowest BCUT2D eigenvalue weighted by Gasteiger charge is -2.32. The van der Waals surface area contributed by atoms with Crippen LogP contribution in [0.2, 0.25) is 0 Å². The van der Waals surface area contributed by atoms with Gasteiger partial charge in [0.2, 0.25) is 0 Å². The van der Waals surface area contributed by atoms with E-state index in [9.17, 15) is 4.79 Å². The maximum atomic E-state index is 10.5. The average Bonchev–Trinajstić information content (AvgIpc) is 2.48. The highest BCUT2D eigenvalue weighted by Crippen LogP contribution is 2.22. The summed E-state index contributed by atoms with van der Waals surface area (Å²) in [4.78, 5) is 21.3. The fourth-order valence-electron chi connectivity index (χ4n) is 2.41. The molecule has 2 rings (SSSR count). The topological polar surface area (TPSA) is 75.5 Å². The van der Waals surface area contributed by atoms with Gasteiger partial charge in [-0.15, -0.1) is 0 Å². The molecule has 1 saturated heterocycles. The van der Waals surface area contributed by atoms with Crippen LogP contribution in [0.25, 0.3) is 0 Å². The summed E-state index contributed by atoms with van der Waals surface area (Å²) in [7, 11) is 0. The zero-order valence-corrected chi connectivity index (χ0v) is 12.7. The summed E-state index contributed by atoms with van der Waals surface area (Å²) in [5, 5.41) is 8.60. The number of carboxylic acid groups (broad SMARTS) is 1. The van der Waals surface area contributed by atoms with Crippen LogP contribution in [0, 0.1) is 0 Å². The molecule has 0 radical (unpaired) electrons. The average molecular weight is 293 g/mol. The number of hydrogen-bond acceptors (Lipinski definition) is 5. The molecule has 6 nitrogen and oxygen atoms in total. The molecule has 6 heteroatoms. The number of aliphatic carboxylic acids is 1. The summed E-state index contributed by atoms with van der Waals surface area (Å²) in [5.41, 5.74) is 1.06. The third-order valence-corrected chi connectivity index (χ3v) is 3.70. The van der Waals surface area contributed by atoms with Gasteiger partial charge in [-0.1, -0.05) is 13.8 Å². The summed E-state index contributed by atoms with van der Waals surface area (Å²) in [6.45, 7) is 6.30. The molecule has 1 fully saturated rings. The van der Waals surface area contributed by atoms with Gasteiger partial charge in [0, 0.05) is 24.8 Å². The molecule has 0 aromatic carbocycles. The Morgan fingerprint density at radius 2 is 2.14 bits per heavy atom. The van der Waals surface area contributed by atoms with Crippen LogP contribution in [0.4, 0.5) is 5.82 Å². The van der Waals surface area contributed by atoms with E-state index >= 15 is 0 Å². The summed E-state index contributed by atoms with van der Waals surface area (Å²) in [6, 6.07) is 2.05. The smallest absolute Gasteiger partial charge is 0.305 e. The summed E-state index contributed by atoms with van der Waals surface area (Å²) < 4.78 is 5.60. The molecule has 0 spiro atoms. The molecule has 0 aliphatic carbocycles. The maximum absolute atomic E-state index is 10.5. The van der Waals surface area contributed by atoms with Crippen LogP contribution in [0.15, 0.2) is 12.4 Å². The monoisotopic (exact) mass is 293 g/mol. The van der Waals surface area contributed by atoms with Crippen LogP contribution < -0.4 is 4.90 Å². The van der Waals surface area contributed by atoms with Gasteiger partial charge in [0.25, 0.3) is 0 Å². The number of nitrogens with zero attached hydrogens (tertiary/aromatic N) is 3. The molecule has 0 amide bonds. The minimum Gasteiger partial charge on any atom is -0.481 e. The predicted molar refractivity (Wildman–Crippen MR) is 79.6 cm³/mol. The summed E-state index contributed by atoms with van der Waals surface area (Å²) in [6.07, 6.45) is 3.66. The van der Waals surface area contributed by atoms with Crippen molar-refractivity contribution in [2.45, 2.75) is 45.1 Å². The third-order valence-electron chi connectivity index (χ3n) is 3.70. The molecule has 1 N–H and O–H groups in total. The van der Waals surface area contributed by atoms with E-state index < -0.39 is 5.97 Å². The fraction of sp³-hybridized carbons (Fsp3) is 0.667. The van der Waals surface area contributed by atoms with E-state index in [0.29, 0.717) is 12.5 Å². The van der Waals surface area contributed by atoms with Gasteiger partial charge in [-0.3, -0.25) is 4.79 Å². The summed E-state index contributed by atoms with van der Waals surface area (Å²) >= 11 is 0. The number of carbonyl (C=O) groups is 1. The van der Waals surface area contributed by atoms with Crippen molar-refractivity contribution in [2.24, 2.45) is 0 Å². The van der Waals surface area contributed by atoms with E-state index in [1.54, 1.807) is 6.33 Å². The zero-order valence-electron chi connectivity index (χ0n) is 12.7. The van der Waals surface area contributed by atoms with Gasteiger partial charge in [-0.05, 0) is 18.8 Å². The molecule has 1 aliphatic rings. The maximum Gasteiger partial charge on any atom is 0.305 e. The van der Waals surface area contributed by atoms with Crippen LogP contribution >= 0.6 is 0 Å². The highest BCUT2D eigenvalue weighted by atomic mass is 16.5. The van der Waals surface area contributed by atoms with Crippen molar-refractivity contribution < 1.29 is 14.6 Å². The van der Waals surface area contributed by atoms with Crippen molar-refractivity contribution in [2.75, 3.05) is 24.6 Å². The number of piperidine rings is 1. The Morgan fingerprint density at radius 1 is 1.43 bits per heavy atom. The first kappa shape index (κ1) is 15.7. The molecular formula is C15H23N3O3. The van der Waals surface area contributed by atoms with Crippen molar-refractivity contribution in [1.82, 2.24) is 9.97 Å². The zero-order chi connectivity index (χ0) is 15.2. The molecule has 1 aliphatic heterocycles. The quantitative estimate of drug-likeness (QED) is 0.865. The van der Waals surface area contributed by atoms with Crippen molar-refractivity contribution in [3.8, 4) is 0 Å². The van der Waals surface area contributed by atoms with Crippen LogP contribution in [0.3, 0.4) is 0 Å².